The minimum absolute atomic E-state index is 0.0228. The second kappa shape index (κ2) is 6.40. The Labute approximate surface area is 121 Å². The summed E-state index contributed by atoms with van der Waals surface area (Å²) in [7, 11) is 0. The standard InChI is InChI=1S/C17H24N2O/c20-17(16-8-2-1-5-11-18-16)19-15-10-9-13-6-3-4-7-14(13)12-15/h3-4,6-7,15-16,18H,1-2,5,8-12H2,(H,19,20). The van der Waals surface area contributed by atoms with Gasteiger partial charge in [0.2, 0.25) is 5.91 Å². The van der Waals surface area contributed by atoms with Crippen molar-refractivity contribution in [1.29, 1.82) is 0 Å². The molecule has 0 saturated carbocycles. The van der Waals surface area contributed by atoms with Crippen LogP contribution in [0.15, 0.2) is 24.3 Å². The average Bonchev–Trinajstić information content (AvgIpc) is 2.76. The van der Waals surface area contributed by atoms with E-state index in [4.69, 9.17) is 0 Å². The molecule has 0 bridgehead atoms. The van der Waals surface area contributed by atoms with Gasteiger partial charge in [0.15, 0.2) is 0 Å². The van der Waals surface area contributed by atoms with E-state index in [2.05, 4.69) is 34.9 Å². The zero-order chi connectivity index (χ0) is 13.8. The molecule has 108 valence electrons. The van der Waals surface area contributed by atoms with Gasteiger partial charge in [-0.05, 0) is 49.8 Å². The Hall–Kier alpha value is -1.35. The molecule has 1 aliphatic heterocycles. The minimum atomic E-state index is 0.0228. The average molecular weight is 272 g/mol. The van der Waals surface area contributed by atoms with Gasteiger partial charge in [-0.3, -0.25) is 4.79 Å². The van der Waals surface area contributed by atoms with Crippen molar-refractivity contribution in [3.8, 4) is 0 Å². The van der Waals surface area contributed by atoms with Crippen molar-refractivity contribution in [3.05, 3.63) is 35.4 Å². The highest BCUT2D eigenvalue weighted by molar-refractivity contribution is 5.82. The molecule has 2 aliphatic rings. The molecule has 1 amide bonds. The Bertz CT molecular complexity index is 464. The third-order valence-corrected chi connectivity index (χ3v) is 4.57. The van der Waals surface area contributed by atoms with E-state index >= 15 is 0 Å². The van der Waals surface area contributed by atoms with Gasteiger partial charge in [-0.25, -0.2) is 0 Å². The van der Waals surface area contributed by atoms with E-state index in [1.807, 2.05) is 0 Å². The van der Waals surface area contributed by atoms with Gasteiger partial charge in [-0.1, -0.05) is 37.1 Å². The van der Waals surface area contributed by atoms with E-state index in [1.165, 1.54) is 30.4 Å². The second-order valence-corrected chi connectivity index (χ2v) is 6.07. The predicted molar refractivity (Wildman–Crippen MR) is 80.7 cm³/mol. The Morgan fingerprint density at radius 2 is 1.95 bits per heavy atom. The monoisotopic (exact) mass is 272 g/mol. The van der Waals surface area contributed by atoms with E-state index in [1.54, 1.807) is 0 Å². The maximum absolute atomic E-state index is 12.4. The first-order valence-electron chi connectivity index (χ1n) is 7.93. The molecule has 1 aromatic rings. The summed E-state index contributed by atoms with van der Waals surface area (Å²) in [5.41, 5.74) is 2.85. The highest BCUT2D eigenvalue weighted by Crippen LogP contribution is 2.21. The third kappa shape index (κ3) is 3.21. The number of aryl methyl sites for hydroxylation is 1. The summed E-state index contributed by atoms with van der Waals surface area (Å²) < 4.78 is 0. The summed E-state index contributed by atoms with van der Waals surface area (Å²) in [4.78, 5) is 12.4. The molecule has 1 saturated heterocycles. The van der Waals surface area contributed by atoms with Crippen LogP contribution in [0.25, 0.3) is 0 Å². The van der Waals surface area contributed by atoms with Crippen LogP contribution in [0, 0.1) is 0 Å². The van der Waals surface area contributed by atoms with E-state index in [0.717, 1.165) is 32.2 Å². The van der Waals surface area contributed by atoms with Crippen LogP contribution in [0.1, 0.15) is 43.2 Å². The maximum Gasteiger partial charge on any atom is 0.237 e. The Balaban J connectivity index is 1.57. The van der Waals surface area contributed by atoms with Crippen molar-refractivity contribution >= 4 is 5.91 Å². The van der Waals surface area contributed by atoms with Gasteiger partial charge in [0.25, 0.3) is 0 Å². The van der Waals surface area contributed by atoms with Crippen LogP contribution in [-0.4, -0.2) is 24.5 Å². The number of amides is 1. The molecule has 2 N–H and O–H groups in total. The van der Waals surface area contributed by atoms with E-state index in [-0.39, 0.29) is 11.9 Å². The minimum Gasteiger partial charge on any atom is -0.352 e. The van der Waals surface area contributed by atoms with Crippen molar-refractivity contribution in [2.75, 3.05) is 6.54 Å². The third-order valence-electron chi connectivity index (χ3n) is 4.57. The smallest absolute Gasteiger partial charge is 0.237 e. The Morgan fingerprint density at radius 1 is 1.10 bits per heavy atom. The van der Waals surface area contributed by atoms with Gasteiger partial charge in [0, 0.05) is 6.04 Å². The molecule has 3 heteroatoms. The zero-order valence-electron chi connectivity index (χ0n) is 12.0. The summed E-state index contributed by atoms with van der Waals surface area (Å²) in [5, 5.41) is 6.63. The highest BCUT2D eigenvalue weighted by Gasteiger charge is 2.24. The van der Waals surface area contributed by atoms with E-state index < -0.39 is 0 Å². The van der Waals surface area contributed by atoms with Crippen molar-refractivity contribution in [2.24, 2.45) is 0 Å². The van der Waals surface area contributed by atoms with Gasteiger partial charge in [-0.15, -0.1) is 0 Å². The molecule has 2 atom stereocenters. The van der Waals surface area contributed by atoms with Gasteiger partial charge in [0.1, 0.15) is 0 Å². The summed E-state index contributed by atoms with van der Waals surface area (Å²) >= 11 is 0. The van der Waals surface area contributed by atoms with Crippen molar-refractivity contribution < 1.29 is 4.79 Å². The molecule has 1 heterocycles. The summed E-state index contributed by atoms with van der Waals surface area (Å²) in [5.74, 6) is 0.205. The van der Waals surface area contributed by atoms with Gasteiger partial charge in [-0.2, -0.15) is 0 Å². The second-order valence-electron chi connectivity index (χ2n) is 6.07. The lowest BCUT2D eigenvalue weighted by Gasteiger charge is -2.27. The fourth-order valence-corrected chi connectivity index (χ4v) is 3.38. The molecule has 3 rings (SSSR count). The summed E-state index contributed by atoms with van der Waals surface area (Å²) in [6.07, 6.45) is 7.71. The molecule has 1 fully saturated rings. The molecule has 20 heavy (non-hydrogen) atoms. The topological polar surface area (TPSA) is 41.1 Å². The largest absolute Gasteiger partial charge is 0.352 e. The van der Waals surface area contributed by atoms with E-state index in [0.29, 0.717) is 6.04 Å². The number of nitrogens with one attached hydrogen (secondary N) is 2. The first kappa shape index (κ1) is 13.6. The summed E-state index contributed by atoms with van der Waals surface area (Å²) in [6.45, 7) is 0.978. The first-order chi connectivity index (χ1) is 9.83. The molecule has 1 aromatic carbocycles. The Morgan fingerprint density at radius 3 is 2.85 bits per heavy atom. The SMILES string of the molecule is O=C(NC1CCc2ccccc2C1)C1CCCCCN1. The molecular formula is C17H24N2O. The molecule has 0 aromatic heterocycles. The molecular weight excluding hydrogens is 248 g/mol. The van der Waals surface area contributed by atoms with E-state index in [9.17, 15) is 4.79 Å². The zero-order valence-corrected chi connectivity index (χ0v) is 12.0. The van der Waals surface area contributed by atoms with Gasteiger partial charge >= 0.3 is 0 Å². The lowest BCUT2D eigenvalue weighted by atomic mass is 9.88. The van der Waals surface area contributed by atoms with Gasteiger partial charge in [0.05, 0.1) is 6.04 Å². The van der Waals surface area contributed by atoms with Crippen LogP contribution in [-0.2, 0) is 17.6 Å². The normalized spacial score (nSPS) is 26.4. The number of fused-ring (bicyclic) bond motifs is 1. The lowest BCUT2D eigenvalue weighted by molar-refractivity contribution is -0.124. The number of hydrogen-bond acceptors (Lipinski definition) is 2. The van der Waals surface area contributed by atoms with Gasteiger partial charge < -0.3 is 10.6 Å². The lowest BCUT2D eigenvalue weighted by Crippen LogP contribution is -2.48. The van der Waals surface area contributed by atoms with Crippen molar-refractivity contribution in [1.82, 2.24) is 10.6 Å². The number of benzene rings is 1. The van der Waals surface area contributed by atoms with Crippen LogP contribution >= 0.6 is 0 Å². The maximum atomic E-state index is 12.4. The van der Waals surface area contributed by atoms with Crippen LogP contribution in [0.3, 0.4) is 0 Å². The molecule has 3 nitrogen and oxygen atoms in total. The van der Waals surface area contributed by atoms with Crippen molar-refractivity contribution in [3.63, 3.8) is 0 Å². The number of carbonyl (C=O) groups excluding carboxylic acids is 1. The van der Waals surface area contributed by atoms with Crippen LogP contribution in [0.5, 0.6) is 0 Å². The quantitative estimate of drug-likeness (QED) is 0.866. The number of carbonyl (C=O) groups is 1. The predicted octanol–water partition coefficient (Wildman–Crippen LogP) is 2.19. The fraction of sp³-hybridized carbons (Fsp3) is 0.588. The number of rotatable bonds is 2. The Kier molecular flexibility index (Phi) is 4.36. The van der Waals surface area contributed by atoms with Crippen LogP contribution < -0.4 is 10.6 Å². The fourth-order valence-electron chi connectivity index (χ4n) is 3.38. The molecule has 2 unspecified atom stereocenters. The number of hydrogen-bond donors (Lipinski definition) is 2. The molecule has 0 radical (unpaired) electrons. The molecule has 1 aliphatic carbocycles. The van der Waals surface area contributed by atoms with Crippen LogP contribution in [0.2, 0.25) is 0 Å². The summed E-state index contributed by atoms with van der Waals surface area (Å²) in [6, 6.07) is 8.93. The highest BCUT2D eigenvalue weighted by atomic mass is 16.2. The molecule has 0 spiro atoms. The first-order valence-corrected chi connectivity index (χ1v) is 7.93. The van der Waals surface area contributed by atoms with Crippen molar-refractivity contribution in [2.45, 2.75) is 57.0 Å². The van der Waals surface area contributed by atoms with Crippen LogP contribution in [0.4, 0.5) is 0 Å².